The minimum absolute atomic E-state index is 0.0232. The standard InChI is InChI=1S/C25H27NO2S/c1-19-10-9-11-20(2)24(19)26-23(27)18-29-17-16-28-25(21-12-5-3-6-13-21)22-14-7-4-8-15-22/h3-15,25H,16-18H2,1-2H3,(H,26,27). The van der Waals surface area contributed by atoms with Crippen molar-refractivity contribution in [3.05, 3.63) is 101 Å². The van der Waals surface area contributed by atoms with Gasteiger partial charge in [-0.2, -0.15) is 0 Å². The fourth-order valence-electron chi connectivity index (χ4n) is 3.22. The van der Waals surface area contributed by atoms with Crippen LogP contribution in [0.1, 0.15) is 28.4 Å². The number of amides is 1. The van der Waals surface area contributed by atoms with E-state index in [2.05, 4.69) is 29.6 Å². The third-order valence-corrected chi connectivity index (χ3v) is 5.62. The predicted molar refractivity (Wildman–Crippen MR) is 123 cm³/mol. The Bertz CT molecular complexity index is 853. The van der Waals surface area contributed by atoms with E-state index in [4.69, 9.17) is 4.74 Å². The second kappa shape index (κ2) is 10.8. The van der Waals surface area contributed by atoms with Crippen molar-refractivity contribution in [1.29, 1.82) is 0 Å². The maximum Gasteiger partial charge on any atom is 0.234 e. The lowest BCUT2D eigenvalue weighted by atomic mass is 10.0. The van der Waals surface area contributed by atoms with Gasteiger partial charge in [-0.15, -0.1) is 11.8 Å². The lowest BCUT2D eigenvalue weighted by Gasteiger charge is -2.19. The molecule has 0 aliphatic rings. The first-order valence-electron chi connectivity index (χ1n) is 9.80. The maximum absolute atomic E-state index is 12.3. The van der Waals surface area contributed by atoms with Gasteiger partial charge in [0.1, 0.15) is 6.10 Å². The molecule has 0 unspecified atom stereocenters. The van der Waals surface area contributed by atoms with E-state index < -0.39 is 0 Å². The average Bonchev–Trinajstić information content (AvgIpc) is 2.75. The van der Waals surface area contributed by atoms with Crippen LogP contribution >= 0.6 is 11.8 Å². The number of ether oxygens (including phenoxy) is 1. The van der Waals surface area contributed by atoms with E-state index in [9.17, 15) is 4.79 Å². The summed E-state index contributed by atoms with van der Waals surface area (Å²) in [6.45, 7) is 4.60. The van der Waals surface area contributed by atoms with E-state index in [0.29, 0.717) is 12.4 Å². The molecule has 1 N–H and O–H groups in total. The Labute approximate surface area is 177 Å². The van der Waals surface area contributed by atoms with Crippen molar-refractivity contribution < 1.29 is 9.53 Å². The quantitative estimate of drug-likeness (QED) is 0.459. The van der Waals surface area contributed by atoms with Crippen LogP contribution in [0, 0.1) is 13.8 Å². The second-order valence-electron chi connectivity index (χ2n) is 6.94. The molecule has 0 saturated carbocycles. The zero-order valence-electron chi connectivity index (χ0n) is 16.9. The summed E-state index contributed by atoms with van der Waals surface area (Å²) in [6, 6.07) is 26.5. The van der Waals surface area contributed by atoms with Crippen LogP contribution in [0.4, 0.5) is 5.69 Å². The third kappa shape index (κ3) is 6.21. The van der Waals surface area contributed by atoms with Crippen LogP contribution in [0.15, 0.2) is 78.9 Å². The number of anilines is 1. The first kappa shape index (κ1) is 21.2. The molecule has 0 saturated heterocycles. The number of benzene rings is 3. The van der Waals surface area contributed by atoms with Crippen molar-refractivity contribution in [2.75, 3.05) is 23.4 Å². The van der Waals surface area contributed by atoms with E-state index in [1.165, 1.54) is 0 Å². The molecule has 0 bridgehead atoms. The van der Waals surface area contributed by atoms with E-state index in [1.54, 1.807) is 11.8 Å². The zero-order valence-corrected chi connectivity index (χ0v) is 17.7. The molecule has 4 heteroatoms. The molecule has 3 aromatic rings. The lowest BCUT2D eigenvalue weighted by Crippen LogP contribution is -2.16. The molecular formula is C25H27NO2S. The number of aryl methyl sites for hydroxylation is 2. The lowest BCUT2D eigenvalue weighted by molar-refractivity contribution is -0.113. The zero-order chi connectivity index (χ0) is 20.5. The highest BCUT2D eigenvalue weighted by molar-refractivity contribution is 7.99. The molecule has 3 aromatic carbocycles. The molecule has 150 valence electrons. The summed E-state index contributed by atoms with van der Waals surface area (Å²) in [5.41, 5.74) is 5.36. The molecule has 0 heterocycles. The number of nitrogens with one attached hydrogen (secondary N) is 1. The Kier molecular flexibility index (Phi) is 7.91. The van der Waals surface area contributed by atoms with Crippen molar-refractivity contribution in [2.45, 2.75) is 20.0 Å². The van der Waals surface area contributed by atoms with Gasteiger partial charge < -0.3 is 10.1 Å². The van der Waals surface area contributed by atoms with Gasteiger partial charge in [-0.25, -0.2) is 0 Å². The number of hydrogen-bond acceptors (Lipinski definition) is 3. The highest BCUT2D eigenvalue weighted by atomic mass is 32.2. The number of para-hydroxylation sites is 1. The van der Waals surface area contributed by atoms with Crippen LogP contribution < -0.4 is 5.32 Å². The van der Waals surface area contributed by atoms with Crippen LogP contribution in [-0.2, 0) is 9.53 Å². The number of hydrogen-bond donors (Lipinski definition) is 1. The number of carbonyl (C=O) groups is 1. The Morgan fingerprint density at radius 3 is 1.97 bits per heavy atom. The Balaban J connectivity index is 1.49. The van der Waals surface area contributed by atoms with Crippen molar-refractivity contribution in [3.63, 3.8) is 0 Å². The van der Waals surface area contributed by atoms with Gasteiger partial charge in [0, 0.05) is 11.4 Å². The summed E-state index contributed by atoms with van der Waals surface area (Å²) in [5, 5.41) is 3.03. The SMILES string of the molecule is Cc1cccc(C)c1NC(=O)CSCCOC(c1ccccc1)c1ccccc1. The van der Waals surface area contributed by atoms with Crippen molar-refractivity contribution in [3.8, 4) is 0 Å². The van der Waals surface area contributed by atoms with Crippen molar-refractivity contribution in [2.24, 2.45) is 0 Å². The largest absolute Gasteiger partial charge is 0.368 e. The first-order chi connectivity index (χ1) is 14.1. The van der Waals surface area contributed by atoms with Crippen molar-refractivity contribution in [1.82, 2.24) is 0 Å². The van der Waals surface area contributed by atoms with Gasteiger partial charge in [0.15, 0.2) is 0 Å². The van der Waals surface area contributed by atoms with Gasteiger partial charge in [0.2, 0.25) is 5.91 Å². The van der Waals surface area contributed by atoms with E-state index in [-0.39, 0.29) is 12.0 Å². The molecule has 0 aromatic heterocycles. The monoisotopic (exact) mass is 405 g/mol. The van der Waals surface area contributed by atoms with Crippen molar-refractivity contribution >= 4 is 23.4 Å². The molecule has 3 nitrogen and oxygen atoms in total. The van der Waals surface area contributed by atoms with Crippen LogP contribution in [0.5, 0.6) is 0 Å². The van der Waals surface area contributed by atoms with Crippen LogP contribution in [0.25, 0.3) is 0 Å². The average molecular weight is 406 g/mol. The normalized spacial score (nSPS) is 10.9. The molecule has 0 atom stereocenters. The predicted octanol–water partition coefficient (Wildman–Crippen LogP) is 5.78. The molecule has 0 fully saturated rings. The van der Waals surface area contributed by atoms with E-state index >= 15 is 0 Å². The van der Waals surface area contributed by atoms with E-state index in [1.807, 2.05) is 68.4 Å². The number of carbonyl (C=O) groups excluding carboxylic acids is 1. The second-order valence-corrected chi connectivity index (χ2v) is 8.04. The first-order valence-corrected chi connectivity index (χ1v) is 11.0. The Morgan fingerprint density at radius 2 is 1.41 bits per heavy atom. The highest BCUT2D eigenvalue weighted by Gasteiger charge is 2.14. The summed E-state index contributed by atoms with van der Waals surface area (Å²) in [7, 11) is 0. The summed E-state index contributed by atoms with van der Waals surface area (Å²) in [5.74, 6) is 1.20. The topological polar surface area (TPSA) is 38.3 Å². The van der Waals surface area contributed by atoms with E-state index in [0.717, 1.165) is 33.7 Å². The van der Waals surface area contributed by atoms with Gasteiger partial charge in [-0.05, 0) is 36.1 Å². The molecule has 29 heavy (non-hydrogen) atoms. The summed E-state index contributed by atoms with van der Waals surface area (Å²) in [4.78, 5) is 12.3. The highest BCUT2D eigenvalue weighted by Crippen LogP contribution is 2.26. The molecule has 0 aliphatic carbocycles. The maximum atomic E-state index is 12.3. The summed E-state index contributed by atoms with van der Waals surface area (Å²) < 4.78 is 6.20. The number of rotatable bonds is 9. The summed E-state index contributed by atoms with van der Waals surface area (Å²) in [6.07, 6.45) is -0.0959. The van der Waals surface area contributed by atoms with Gasteiger partial charge in [-0.1, -0.05) is 78.9 Å². The Hall–Kier alpha value is -2.56. The summed E-state index contributed by atoms with van der Waals surface area (Å²) >= 11 is 1.59. The fourth-order valence-corrected chi connectivity index (χ4v) is 3.83. The van der Waals surface area contributed by atoms with Crippen LogP contribution in [0.2, 0.25) is 0 Å². The smallest absolute Gasteiger partial charge is 0.234 e. The van der Waals surface area contributed by atoms with Gasteiger partial charge in [0.05, 0.1) is 12.4 Å². The van der Waals surface area contributed by atoms with Gasteiger partial charge in [-0.3, -0.25) is 4.79 Å². The molecular weight excluding hydrogens is 378 g/mol. The molecule has 1 amide bonds. The molecule has 0 radical (unpaired) electrons. The number of thioether (sulfide) groups is 1. The molecule has 0 spiro atoms. The molecule has 0 aliphatic heterocycles. The van der Waals surface area contributed by atoms with Crippen LogP contribution in [0.3, 0.4) is 0 Å². The van der Waals surface area contributed by atoms with Crippen LogP contribution in [-0.4, -0.2) is 24.0 Å². The van der Waals surface area contributed by atoms with Gasteiger partial charge >= 0.3 is 0 Å². The minimum atomic E-state index is -0.0959. The fraction of sp³-hybridized carbons (Fsp3) is 0.240. The van der Waals surface area contributed by atoms with Gasteiger partial charge in [0.25, 0.3) is 0 Å². The Morgan fingerprint density at radius 1 is 0.862 bits per heavy atom. The third-order valence-electron chi connectivity index (χ3n) is 4.70. The molecule has 3 rings (SSSR count). The minimum Gasteiger partial charge on any atom is -0.368 e.